The zero-order valence-corrected chi connectivity index (χ0v) is 11.1. The molecule has 0 spiro atoms. The summed E-state index contributed by atoms with van der Waals surface area (Å²) in [5.74, 6) is -0.965. The molecule has 0 amide bonds. The van der Waals surface area contributed by atoms with Crippen LogP contribution in [0.4, 0.5) is 10.1 Å². The van der Waals surface area contributed by atoms with Crippen molar-refractivity contribution in [3.63, 3.8) is 0 Å². The van der Waals surface area contributed by atoms with Gasteiger partial charge in [0.1, 0.15) is 0 Å². The van der Waals surface area contributed by atoms with Gasteiger partial charge in [0.05, 0.1) is 5.69 Å². The molecule has 3 rings (SSSR count). The lowest BCUT2D eigenvalue weighted by atomic mass is 9.87. The largest absolute Gasteiger partial charge is 0.503 e. The molecule has 104 valence electrons. The SMILES string of the molecule is Nc1cc2c(c(F)c1O)CCNCC2c1ccccc1. The molecule has 1 atom stereocenters. The second-order valence-corrected chi connectivity index (χ2v) is 5.11. The molecule has 0 saturated heterocycles. The number of fused-ring (bicyclic) bond motifs is 1. The highest BCUT2D eigenvalue weighted by Crippen LogP contribution is 2.37. The van der Waals surface area contributed by atoms with Crippen LogP contribution in [0.3, 0.4) is 0 Å². The molecule has 4 N–H and O–H groups in total. The van der Waals surface area contributed by atoms with Crippen LogP contribution in [0.5, 0.6) is 5.75 Å². The van der Waals surface area contributed by atoms with Crippen molar-refractivity contribution in [2.75, 3.05) is 18.8 Å². The number of hydrogen-bond acceptors (Lipinski definition) is 3. The Morgan fingerprint density at radius 1 is 1.25 bits per heavy atom. The average Bonchev–Trinajstić information content (AvgIpc) is 2.68. The van der Waals surface area contributed by atoms with Crippen LogP contribution in [0.1, 0.15) is 22.6 Å². The summed E-state index contributed by atoms with van der Waals surface area (Å²) in [5.41, 5.74) is 8.38. The molecule has 0 aromatic heterocycles. The fourth-order valence-corrected chi connectivity index (χ4v) is 2.84. The fourth-order valence-electron chi connectivity index (χ4n) is 2.84. The first-order valence-corrected chi connectivity index (χ1v) is 6.74. The summed E-state index contributed by atoms with van der Waals surface area (Å²) < 4.78 is 14.3. The summed E-state index contributed by atoms with van der Waals surface area (Å²) in [5, 5.41) is 13.0. The van der Waals surface area contributed by atoms with Crippen molar-refractivity contribution < 1.29 is 9.50 Å². The van der Waals surface area contributed by atoms with Crippen LogP contribution < -0.4 is 11.1 Å². The highest BCUT2D eigenvalue weighted by atomic mass is 19.1. The number of nitrogen functional groups attached to an aromatic ring is 1. The van der Waals surface area contributed by atoms with E-state index in [1.807, 2.05) is 30.3 Å². The van der Waals surface area contributed by atoms with Crippen LogP contribution in [-0.4, -0.2) is 18.2 Å². The van der Waals surface area contributed by atoms with Gasteiger partial charge in [0.15, 0.2) is 11.6 Å². The van der Waals surface area contributed by atoms with Gasteiger partial charge in [0, 0.05) is 12.5 Å². The van der Waals surface area contributed by atoms with Crippen molar-refractivity contribution in [2.45, 2.75) is 12.3 Å². The third-order valence-electron chi connectivity index (χ3n) is 3.88. The molecule has 0 aliphatic carbocycles. The number of nitrogens with one attached hydrogen (secondary N) is 1. The van der Waals surface area contributed by atoms with E-state index >= 15 is 0 Å². The Morgan fingerprint density at radius 2 is 2.00 bits per heavy atom. The average molecular weight is 272 g/mol. The highest BCUT2D eigenvalue weighted by molar-refractivity contribution is 5.59. The van der Waals surface area contributed by atoms with Gasteiger partial charge in [-0.3, -0.25) is 0 Å². The molecule has 0 fully saturated rings. The number of halogens is 1. The van der Waals surface area contributed by atoms with E-state index in [9.17, 15) is 9.50 Å². The van der Waals surface area contributed by atoms with Crippen LogP contribution in [0, 0.1) is 5.82 Å². The number of benzene rings is 2. The predicted molar refractivity (Wildman–Crippen MR) is 77.3 cm³/mol. The van der Waals surface area contributed by atoms with Gasteiger partial charge < -0.3 is 16.2 Å². The molecular weight excluding hydrogens is 255 g/mol. The summed E-state index contributed by atoms with van der Waals surface area (Å²) in [4.78, 5) is 0. The number of phenolic OH excluding ortho intramolecular Hbond substituents is 1. The maximum atomic E-state index is 14.3. The molecule has 1 aliphatic heterocycles. The van der Waals surface area contributed by atoms with Gasteiger partial charge in [-0.15, -0.1) is 0 Å². The minimum absolute atomic E-state index is 0.0473. The quantitative estimate of drug-likeness (QED) is 0.552. The Bertz CT molecular complexity index is 628. The second kappa shape index (κ2) is 5.13. The van der Waals surface area contributed by atoms with E-state index in [0.29, 0.717) is 18.5 Å². The number of nitrogens with two attached hydrogens (primary N) is 1. The van der Waals surface area contributed by atoms with Gasteiger partial charge in [-0.2, -0.15) is 0 Å². The van der Waals surface area contributed by atoms with Gasteiger partial charge in [-0.05, 0) is 35.7 Å². The Kier molecular flexibility index (Phi) is 3.32. The summed E-state index contributed by atoms with van der Waals surface area (Å²) in [6, 6.07) is 11.7. The smallest absolute Gasteiger partial charge is 0.175 e. The molecule has 0 bridgehead atoms. The molecule has 0 radical (unpaired) electrons. The zero-order chi connectivity index (χ0) is 14.1. The molecule has 4 heteroatoms. The third kappa shape index (κ3) is 2.12. The van der Waals surface area contributed by atoms with E-state index in [2.05, 4.69) is 5.32 Å². The first kappa shape index (κ1) is 12.9. The van der Waals surface area contributed by atoms with Crippen LogP contribution in [0.15, 0.2) is 36.4 Å². The molecule has 2 aromatic carbocycles. The van der Waals surface area contributed by atoms with Crippen molar-refractivity contribution in [1.29, 1.82) is 0 Å². The lowest BCUT2D eigenvalue weighted by Crippen LogP contribution is -2.20. The lowest BCUT2D eigenvalue weighted by molar-refractivity contribution is 0.430. The summed E-state index contributed by atoms with van der Waals surface area (Å²) in [6.07, 6.45) is 0.554. The van der Waals surface area contributed by atoms with E-state index in [0.717, 1.165) is 17.7 Å². The first-order valence-electron chi connectivity index (χ1n) is 6.74. The van der Waals surface area contributed by atoms with Crippen molar-refractivity contribution in [2.24, 2.45) is 0 Å². The van der Waals surface area contributed by atoms with E-state index in [4.69, 9.17) is 5.73 Å². The molecule has 1 unspecified atom stereocenters. The van der Waals surface area contributed by atoms with Gasteiger partial charge in [-0.25, -0.2) is 4.39 Å². The van der Waals surface area contributed by atoms with E-state index in [1.54, 1.807) is 6.07 Å². The van der Waals surface area contributed by atoms with Gasteiger partial charge in [0.2, 0.25) is 0 Å². The minimum atomic E-state index is -0.579. The fraction of sp³-hybridized carbons (Fsp3) is 0.250. The molecular formula is C16H17FN2O. The Morgan fingerprint density at radius 3 is 2.75 bits per heavy atom. The van der Waals surface area contributed by atoms with Crippen LogP contribution >= 0.6 is 0 Å². The Labute approximate surface area is 117 Å². The van der Waals surface area contributed by atoms with Crippen LogP contribution in [0.2, 0.25) is 0 Å². The van der Waals surface area contributed by atoms with E-state index < -0.39 is 11.6 Å². The lowest BCUT2D eigenvalue weighted by Gasteiger charge is -2.19. The molecule has 3 nitrogen and oxygen atoms in total. The van der Waals surface area contributed by atoms with Crippen molar-refractivity contribution >= 4 is 5.69 Å². The summed E-state index contributed by atoms with van der Waals surface area (Å²) >= 11 is 0. The van der Waals surface area contributed by atoms with Gasteiger partial charge in [0.25, 0.3) is 0 Å². The topological polar surface area (TPSA) is 58.3 Å². The number of aromatic hydroxyl groups is 1. The van der Waals surface area contributed by atoms with Crippen LogP contribution in [0.25, 0.3) is 0 Å². The van der Waals surface area contributed by atoms with Crippen molar-refractivity contribution in [1.82, 2.24) is 5.32 Å². The van der Waals surface area contributed by atoms with E-state index in [1.165, 1.54) is 0 Å². The Balaban J connectivity index is 2.17. The van der Waals surface area contributed by atoms with Crippen LogP contribution in [-0.2, 0) is 6.42 Å². The summed E-state index contributed by atoms with van der Waals surface area (Å²) in [6.45, 7) is 1.43. The molecule has 20 heavy (non-hydrogen) atoms. The number of hydrogen-bond donors (Lipinski definition) is 3. The second-order valence-electron chi connectivity index (χ2n) is 5.11. The predicted octanol–water partition coefficient (Wildman–Crippen LogP) is 2.39. The maximum Gasteiger partial charge on any atom is 0.175 e. The van der Waals surface area contributed by atoms with Crippen molar-refractivity contribution in [3.8, 4) is 5.75 Å². The normalized spacial score (nSPS) is 18.4. The minimum Gasteiger partial charge on any atom is -0.503 e. The number of anilines is 1. The third-order valence-corrected chi connectivity index (χ3v) is 3.88. The first-order chi connectivity index (χ1) is 9.68. The standard InChI is InChI=1S/C16H17FN2O/c17-15-11-6-7-19-9-13(10-4-2-1-3-5-10)12(11)8-14(18)16(15)20/h1-5,8,13,19-20H,6-7,9,18H2. The highest BCUT2D eigenvalue weighted by Gasteiger charge is 2.25. The zero-order valence-electron chi connectivity index (χ0n) is 11.1. The van der Waals surface area contributed by atoms with E-state index in [-0.39, 0.29) is 11.6 Å². The Hall–Kier alpha value is -2.07. The monoisotopic (exact) mass is 272 g/mol. The number of phenols is 1. The molecule has 2 aromatic rings. The molecule has 0 saturated carbocycles. The van der Waals surface area contributed by atoms with Crippen molar-refractivity contribution in [3.05, 3.63) is 58.9 Å². The van der Waals surface area contributed by atoms with Gasteiger partial charge >= 0.3 is 0 Å². The molecule has 1 heterocycles. The maximum absolute atomic E-state index is 14.3. The van der Waals surface area contributed by atoms with Gasteiger partial charge in [-0.1, -0.05) is 30.3 Å². The summed E-state index contributed by atoms with van der Waals surface area (Å²) in [7, 11) is 0. The molecule has 1 aliphatic rings. The number of rotatable bonds is 1.